The summed E-state index contributed by atoms with van der Waals surface area (Å²) < 4.78 is 5.75. The Balaban J connectivity index is 1.65. The van der Waals surface area contributed by atoms with Crippen molar-refractivity contribution >= 4 is 23.3 Å². The van der Waals surface area contributed by atoms with Gasteiger partial charge in [-0.05, 0) is 42.0 Å². The number of nitrogens with one attached hydrogen (secondary N) is 2. The second-order valence-corrected chi connectivity index (χ2v) is 5.83. The molecule has 0 aliphatic heterocycles. The highest BCUT2D eigenvalue weighted by atomic mass is 16.5. The van der Waals surface area contributed by atoms with E-state index in [0.717, 1.165) is 5.56 Å². The van der Waals surface area contributed by atoms with Crippen molar-refractivity contribution in [1.29, 1.82) is 0 Å². The number of hydrogen-bond acceptors (Lipinski definition) is 3. The summed E-state index contributed by atoms with van der Waals surface area (Å²) in [6.45, 7) is 0.423. The number of urea groups is 1. The van der Waals surface area contributed by atoms with Gasteiger partial charge in [0.05, 0.1) is 0 Å². The molecule has 0 spiro atoms. The van der Waals surface area contributed by atoms with Gasteiger partial charge in [0.15, 0.2) is 0 Å². The summed E-state index contributed by atoms with van der Waals surface area (Å²) >= 11 is 0. The molecule has 0 aliphatic rings. The molecule has 0 saturated carbocycles. The second kappa shape index (κ2) is 8.53. The zero-order valence-electron chi connectivity index (χ0n) is 14.5. The van der Waals surface area contributed by atoms with Crippen molar-refractivity contribution in [2.75, 3.05) is 10.6 Å². The van der Waals surface area contributed by atoms with E-state index in [4.69, 9.17) is 10.5 Å². The molecular weight excluding hydrogens is 342 g/mol. The molecule has 136 valence electrons. The molecule has 0 heterocycles. The lowest BCUT2D eigenvalue weighted by Gasteiger charge is -2.10. The van der Waals surface area contributed by atoms with Gasteiger partial charge in [-0.1, -0.05) is 42.5 Å². The molecule has 4 N–H and O–H groups in total. The number of carbonyl (C=O) groups is 2. The van der Waals surface area contributed by atoms with Gasteiger partial charge in [0.2, 0.25) is 0 Å². The maximum Gasteiger partial charge on any atom is 0.316 e. The van der Waals surface area contributed by atoms with E-state index in [1.54, 1.807) is 48.5 Å². The van der Waals surface area contributed by atoms with E-state index in [0.29, 0.717) is 29.3 Å². The van der Waals surface area contributed by atoms with Gasteiger partial charge in [0, 0.05) is 16.9 Å². The third-order valence-electron chi connectivity index (χ3n) is 3.73. The van der Waals surface area contributed by atoms with Crippen LogP contribution in [-0.4, -0.2) is 11.9 Å². The number of primary amides is 1. The highest BCUT2D eigenvalue weighted by Crippen LogP contribution is 2.19. The molecule has 0 aliphatic carbocycles. The van der Waals surface area contributed by atoms with Gasteiger partial charge in [-0.15, -0.1) is 0 Å². The molecule has 27 heavy (non-hydrogen) atoms. The smallest absolute Gasteiger partial charge is 0.316 e. The SMILES string of the molecule is NC(=O)Nc1cccc(NC(=O)c2cccc(OCc3ccccc3)c2)c1. The van der Waals surface area contributed by atoms with Crippen molar-refractivity contribution in [3.63, 3.8) is 0 Å². The molecule has 0 radical (unpaired) electrons. The van der Waals surface area contributed by atoms with Crippen molar-refractivity contribution in [1.82, 2.24) is 0 Å². The van der Waals surface area contributed by atoms with Crippen molar-refractivity contribution in [2.45, 2.75) is 6.61 Å². The number of hydrogen-bond donors (Lipinski definition) is 3. The van der Waals surface area contributed by atoms with Crippen molar-refractivity contribution in [3.05, 3.63) is 90.0 Å². The fourth-order valence-corrected chi connectivity index (χ4v) is 2.49. The monoisotopic (exact) mass is 361 g/mol. The van der Waals surface area contributed by atoms with Crippen molar-refractivity contribution in [2.24, 2.45) is 5.73 Å². The highest BCUT2D eigenvalue weighted by Gasteiger charge is 2.08. The average Bonchev–Trinajstić information content (AvgIpc) is 2.67. The Hall–Kier alpha value is -3.80. The largest absolute Gasteiger partial charge is 0.489 e. The Kier molecular flexibility index (Phi) is 5.69. The topological polar surface area (TPSA) is 93.5 Å². The number of amides is 3. The fraction of sp³-hybridized carbons (Fsp3) is 0.0476. The summed E-state index contributed by atoms with van der Waals surface area (Å²) in [5.74, 6) is 0.326. The number of benzene rings is 3. The van der Waals surface area contributed by atoms with Gasteiger partial charge in [0.25, 0.3) is 5.91 Å². The van der Waals surface area contributed by atoms with Gasteiger partial charge in [-0.3, -0.25) is 4.79 Å². The molecule has 6 nitrogen and oxygen atoms in total. The quantitative estimate of drug-likeness (QED) is 0.619. The Morgan fingerprint density at radius 1 is 0.815 bits per heavy atom. The second-order valence-electron chi connectivity index (χ2n) is 5.83. The van der Waals surface area contributed by atoms with Crippen LogP contribution < -0.4 is 21.1 Å². The minimum Gasteiger partial charge on any atom is -0.489 e. The molecule has 3 aromatic rings. The van der Waals surface area contributed by atoms with Gasteiger partial charge >= 0.3 is 6.03 Å². The maximum absolute atomic E-state index is 12.5. The predicted octanol–water partition coefficient (Wildman–Crippen LogP) is 4.01. The van der Waals surface area contributed by atoms with E-state index in [1.807, 2.05) is 30.3 Å². The van der Waals surface area contributed by atoms with Crippen LogP contribution in [0.5, 0.6) is 5.75 Å². The van der Waals surface area contributed by atoms with Crippen LogP contribution in [0, 0.1) is 0 Å². The van der Waals surface area contributed by atoms with Crippen molar-refractivity contribution < 1.29 is 14.3 Å². The van der Waals surface area contributed by atoms with Gasteiger partial charge in [-0.25, -0.2) is 4.79 Å². The molecule has 0 saturated heterocycles. The third kappa shape index (κ3) is 5.34. The number of anilines is 2. The predicted molar refractivity (Wildman–Crippen MR) is 105 cm³/mol. The first-order chi connectivity index (χ1) is 13.1. The van der Waals surface area contributed by atoms with Crippen LogP contribution >= 0.6 is 0 Å². The highest BCUT2D eigenvalue weighted by molar-refractivity contribution is 6.04. The van der Waals surface area contributed by atoms with Gasteiger partial charge < -0.3 is 21.1 Å². The molecular formula is C21H19N3O3. The minimum absolute atomic E-state index is 0.281. The number of ether oxygens (including phenoxy) is 1. The summed E-state index contributed by atoms with van der Waals surface area (Å²) in [5.41, 5.74) is 7.66. The summed E-state index contributed by atoms with van der Waals surface area (Å²) in [6, 6.07) is 22.8. The molecule has 0 fully saturated rings. The van der Waals surface area contributed by atoms with Crippen molar-refractivity contribution in [3.8, 4) is 5.75 Å². The lowest BCUT2D eigenvalue weighted by atomic mass is 10.2. The standard InChI is InChI=1S/C21H19N3O3/c22-21(26)24-18-10-5-9-17(13-18)23-20(25)16-8-4-11-19(12-16)27-14-15-6-2-1-3-7-15/h1-13H,14H2,(H,23,25)(H3,22,24,26). The van der Waals surface area contributed by atoms with Crippen LogP contribution in [0.25, 0.3) is 0 Å². The molecule has 0 atom stereocenters. The number of carbonyl (C=O) groups excluding carboxylic acids is 2. The molecule has 3 rings (SSSR count). The lowest BCUT2D eigenvalue weighted by Crippen LogP contribution is -2.19. The Labute approximate surface area is 157 Å². The van der Waals surface area contributed by atoms with Crippen LogP contribution in [0.4, 0.5) is 16.2 Å². The summed E-state index contributed by atoms with van der Waals surface area (Å²) in [6.07, 6.45) is 0. The van der Waals surface area contributed by atoms with E-state index < -0.39 is 6.03 Å². The zero-order valence-corrected chi connectivity index (χ0v) is 14.5. The van der Waals surface area contributed by atoms with E-state index in [9.17, 15) is 9.59 Å². The minimum atomic E-state index is -0.665. The lowest BCUT2D eigenvalue weighted by molar-refractivity contribution is 0.102. The van der Waals surface area contributed by atoms with Crippen LogP contribution in [0.1, 0.15) is 15.9 Å². The molecule has 6 heteroatoms. The van der Waals surface area contributed by atoms with Gasteiger partial charge in [-0.2, -0.15) is 0 Å². The molecule has 0 unspecified atom stereocenters. The Morgan fingerprint density at radius 2 is 1.52 bits per heavy atom. The average molecular weight is 361 g/mol. The van der Waals surface area contributed by atoms with Crippen LogP contribution in [0.2, 0.25) is 0 Å². The Morgan fingerprint density at radius 3 is 2.26 bits per heavy atom. The molecule has 3 amide bonds. The normalized spacial score (nSPS) is 10.1. The van der Waals surface area contributed by atoms with Crippen LogP contribution in [-0.2, 0) is 6.61 Å². The number of nitrogens with two attached hydrogens (primary N) is 1. The first-order valence-corrected chi connectivity index (χ1v) is 8.35. The van der Waals surface area contributed by atoms with Crippen LogP contribution in [0.15, 0.2) is 78.9 Å². The van der Waals surface area contributed by atoms with E-state index >= 15 is 0 Å². The molecule has 0 aromatic heterocycles. The molecule has 0 bridgehead atoms. The van der Waals surface area contributed by atoms with Gasteiger partial charge in [0.1, 0.15) is 12.4 Å². The molecule has 3 aromatic carbocycles. The van der Waals surface area contributed by atoms with Crippen LogP contribution in [0.3, 0.4) is 0 Å². The maximum atomic E-state index is 12.5. The summed E-state index contributed by atoms with van der Waals surface area (Å²) in [7, 11) is 0. The first kappa shape index (κ1) is 18.0. The zero-order chi connectivity index (χ0) is 19.1. The Bertz CT molecular complexity index is 942. The van der Waals surface area contributed by atoms with E-state index in [2.05, 4.69) is 10.6 Å². The summed E-state index contributed by atoms with van der Waals surface area (Å²) in [4.78, 5) is 23.4. The fourth-order valence-electron chi connectivity index (χ4n) is 2.49. The third-order valence-corrected chi connectivity index (χ3v) is 3.73. The first-order valence-electron chi connectivity index (χ1n) is 8.35. The van der Waals surface area contributed by atoms with E-state index in [-0.39, 0.29) is 5.91 Å². The van der Waals surface area contributed by atoms with E-state index in [1.165, 1.54) is 0 Å². The summed E-state index contributed by atoms with van der Waals surface area (Å²) in [5, 5.41) is 5.25. The number of rotatable bonds is 6.